The van der Waals surface area contributed by atoms with Gasteiger partial charge in [-0.3, -0.25) is 14.3 Å². The molecule has 0 radical (unpaired) electrons. The molecular formula is C19H18N6O2. The van der Waals surface area contributed by atoms with Gasteiger partial charge in [0.1, 0.15) is 11.4 Å². The van der Waals surface area contributed by atoms with Gasteiger partial charge in [-0.15, -0.1) is 10.2 Å². The molecule has 0 aliphatic rings. The van der Waals surface area contributed by atoms with E-state index in [1.165, 1.54) is 0 Å². The predicted molar refractivity (Wildman–Crippen MR) is 99.4 cm³/mol. The van der Waals surface area contributed by atoms with Crippen molar-refractivity contribution in [1.82, 2.24) is 30.1 Å². The maximum Gasteiger partial charge on any atom is 0.269 e. The molecule has 1 amide bonds. The van der Waals surface area contributed by atoms with Crippen LogP contribution in [-0.2, 0) is 0 Å². The van der Waals surface area contributed by atoms with E-state index in [-0.39, 0.29) is 11.9 Å². The van der Waals surface area contributed by atoms with Crippen LogP contribution in [0.2, 0.25) is 0 Å². The van der Waals surface area contributed by atoms with Crippen molar-refractivity contribution in [2.24, 2.45) is 0 Å². The fourth-order valence-electron chi connectivity index (χ4n) is 2.93. The minimum Gasteiger partial charge on any atom is -0.496 e. The van der Waals surface area contributed by atoms with Crippen LogP contribution in [0.4, 0.5) is 0 Å². The molecule has 1 atom stereocenters. The molecule has 27 heavy (non-hydrogen) atoms. The number of methoxy groups -OCH3 is 1. The second-order valence-corrected chi connectivity index (χ2v) is 6.05. The molecule has 2 N–H and O–H groups in total. The van der Waals surface area contributed by atoms with Crippen LogP contribution < -0.4 is 10.1 Å². The number of nitrogens with one attached hydrogen (secondary N) is 2. The molecule has 0 aliphatic carbocycles. The third kappa shape index (κ3) is 3.12. The lowest BCUT2D eigenvalue weighted by molar-refractivity contribution is 0.0933. The van der Waals surface area contributed by atoms with Gasteiger partial charge in [0.05, 0.1) is 18.8 Å². The highest BCUT2D eigenvalue weighted by Gasteiger charge is 2.19. The summed E-state index contributed by atoms with van der Waals surface area (Å²) in [5.74, 6) is 1.08. The average molecular weight is 362 g/mol. The molecule has 0 bridgehead atoms. The van der Waals surface area contributed by atoms with Gasteiger partial charge in [-0.25, -0.2) is 0 Å². The van der Waals surface area contributed by atoms with Crippen LogP contribution in [0.1, 0.15) is 29.3 Å². The summed E-state index contributed by atoms with van der Waals surface area (Å²) in [5.41, 5.74) is 2.54. The van der Waals surface area contributed by atoms with Gasteiger partial charge in [-0.05, 0) is 37.3 Å². The molecule has 8 heteroatoms. The van der Waals surface area contributed by atoms with Crippen LogP contribution in [0, 0.1) is 0 Å². The first kappa shape index (κ1) is 16.8. The number of hydrogen-bond acceptors (Lipinski definition) is 5. The van der Waals surface area contributed by atoms with E-state index >= 15 is 0 Å². The maximum absolute atomic E-state index is 12.6. The molecule has 4 aromatic rings. The Hall–Kier alpha value is -3.68. The first-order valence-corrected chi connectivity index (χ1v) is 8.46. The number of amides is 1. The van der Waals surface area contributed by atoms with E-state index in [0.29, 0.717) is 23.0 Å². The average Bonchev–Trinajstić information content (AvgIpc) is 3.35. The van der Waals surface area contributed by atoms with Crippen molar-refractivity contribution >= 4 is 11.6 Å². The summed E-state index contributed by atoms with van der Waals surface area (Å²) in [6, 6.07) is 14.5. The number of carbonyl (C=O) groups is 1. The Kier molecular flexibility index (Phi) is 4.29. The fraction of sp³-hybridized carbons (Fsp3) is 0.158. The van der Waals surface area contributed by atoms with Gasteiger partial charge in [0.2, 0.25) is 0 Å². The summed E-state index contributed by atoms with van der Waals surface area (Å²) in [6.07, 6.45) is 1.86. The summed E-state index contributed by atoms with van der Waals surface area (Å²) >= 11 is 0. The Morgan fingerprint density at radius 3 is 2.85 bits per heavy atom. The first-order chi connectivity index (χ1) is 13.2. The minimum atomic E-state index is -0.326. The quantitative estimate of drug-likeness (QED) is 0.569. The summed E-state index contributed by atoms with van der Waals surface area (Å²) in [6.45, 7) is 1.86. The molecular weight excluding hydrogens is 344 g/mol. The second-order valence-electron chi connectivity index (χ2n) is 6.05. The van der Waals surface area contributed by atoms with Crippen molar-refractivity contribution in [3.63, 3.8) is 0 Å². The zero-order valence-electron chi connectivity index (χ0n) is 14.9. The molecule has 1 aromatic carbocycles. The number of carbonyl (C=O) groups excluding carboxylic acids is 1. The van der Waals surface area contributed by atoms with Crippen molar-refractivity contribution in [3.05, 3.63) is 66.2 Å². The lowest BCUT2D eigenvalue weighted by Gasteiger charge is -2.11. The number of rotatable bonds is 5. The number of aromatic nitrogens is 5. The zero-order valence-corrected chi connectivity index (χ0v) is 14.9. The van der Waals surface area contributed by atoms with Crippen LogP contribution >= 0.6 is 0 Å². The van der Waals surface area contributed by atoms with E-state index in [0.717, 1.165) is 11.2 Å². The van der Waals surface area contributed by atoms with Crippen LogP contribution in [0.25, 0.3) is 16.9 Å². The number of H-pyrrole nitrogens is 1. The zero-order chi connectivity index (χ0) is 18.8. The second kappa shape index (κ2) is 6.91. The van der Waals surface area contributed by atoms with Crippen LogP contribution in [0.15, 0.2) is 54.7 Å². The molecule has 4 rings (SSSR count). The van der Waals surface area contributed by atoms with Crippen molar-refractivity contribution < 1.29 is 9.53 Å². The molecule has 0 saturated carbocycles. The van der Waals surface area contributed by atoms with Crippen LogP contribution in [0.3, 0.4) is 0 Å². The van der Waals surface area contributed by atoms with Gasteiger partial charge in [-0.1, -0.05) is 18.2 Å². The molecule has 0 unspecified atom stereocenters. The van der Waals surface area contributed by atoms with E-state index in [2.05, 4.69) is 25.7 Å². The molecule has 136 valence electrons. The van der Waals surface area contributed by atoms with Gasteiger partial charge in [0.25, 0.3) is 5.91 Å². The normalized spacial score (nSPS) is 12.1. The van der Waals surface area contributed by atoms with Crippen LogP contribution in [-0.4, -0.2) is 37.8 Å². The van der Waals surface area contributed by atoms with E-state index in [1.54, 1.807) is 13.2 Å². The molecule has 0 fully saturated rings. The first-order valence-electron chi connectivity index (χ1n) is 8.46. The predicted octanol–water partition coefficient (Wildman–Crippen LogP) is 2.62. The highest BCUT2D eigenvalue weighted by molar-refractivity contribution is 5.93. The Morgan fingerprint density at radius 2 is 2.00 bits per heavy atom. The molecule has 0 saturated heterocycles. The molecule has 3 aromatic heterocycles. The third-order valence-electron chi connectivity index (χ3n) is 4.28. The highest BCUT2D eigenvalue weighted by atomic mass is 16.5. The van der Waals surface area contributed by atoms with E-state index in [1.807, 2.05) is 60.0 Å². The SMILES string of the molecule is COc1ccccc1-c1cc(C(=O)N[C@@H](C)c2nnc3ccccn23)[nH]n1. The number of aromatic amines is 1. The molecule has 0 aliphatic heterocycles. The summed E-state index contributed by atoms with van der Waals surface area (Å²) in [5, 5.41) is 18.2. The number of hydrogen-bond donors (Lipinski definition) is 2. The Bertz CT molecular complexity index is 1100. The summed E-state index contributed by atoms with van der Waals surface area (Å²) in [7, 11) is 1.60. The molecule has 8 nitrogen and oxygen atoms in total. The number of pyridine rings is 1. The van der Waals surface area contributed by atoms with Gasteiger partial charge in [0.15, 0.2) is 11.5 Å². The number of nitrogens with zero attached hydrogens (tertiary/aromatic N) is 4. The van der Waals surface area contributed by atoms with Gasteiger partial charge in [0, 0.05) is 11.8 Å². The minimum absolute atomic E-state index is 0.274. The van der Waals surface area contributed by atoms with Crippen molar-refractivity contribution in [3.8, 4) is 17.0 Å². The highest BCUT2D eigenvalue weighted by Crippen LogP contribution is 2.28. The van der Waals surface area contributed by atoms with E-state index in [9.17, 15) is 4.79 Å². The van der Waals surface area contributed by atoms with Crippen molar-refractivity contribution in [2.75, 3.05) is 7.11 Å². The number of para-hydroxylation sites is 1. The Labute approximate surface area is 155 Å². The summed E-state index contributed by atoms with van der Waals surface area (Å²) in [4.78, 5) is 12.6. The fourth-order valence-corrected chi connectivity index (χ4v) is 2.93. The lowest BCUT2D eigenvalue weighted by Crippen LogP contribution is -2.28. The largest absolute Gasteiger partial charge is 0.496 e. The Balaban J connectivity index is 1.54. The smallest absolute Gasteiger partial charge is 0.269 e. The monoisotopic (exact) mass is 362 g/mol. The van der Waals surface area contributed by atoms with Crippen molar-refractivity contribution in [1.29, 1.82) is 0 Å². The van der Waals surface area contributed by atoms with E-state index < -0.39 is 0 Å². The van der Waals surface area contributed by atoms with Gasteiger partial charge < -0.3 is 10.1 Å². The summed E-state index contributed by atoms with van der Waals surface area (Å²) < 4.78 is 7.20. The van der Waals surface area contributed by atoms with Crippen LogP contribution in [0.5, 0.6) is 5.75 Å². The number of fused-ring (bicyclic) bond motifs is 1. The third-order valence-corrected chi connectivity index (χ3v) is 4.28. The van der Waals surface area contributed by atoms with Gasteiger partial charge >= 0.3 is 0 Å². The van der Waals surface area contributed by atoms with Gasteiger partial charge in [-0.2, -0.15) is 5.10 Å². The number of ether oxygens (including phenoxy) is 1. The topological polar surface area (TPSA) is 97.2 Å². The molecule has 0 spiro atoms. The maximum atomic E-state index is 12.6. The Morgan fingerprint density at radius 1 is 1.19 bits per heavy atom. The van der Waals surface area contributed by atoms with Crippen molar-refractivity contribution in [2.45, 2.75) is 13.0 Å². The lowest BCUT2D eigenvalue weighted by atomic mass is 10.1. The van der Waals surface area contributed by atoms with E-state index in [4.69, 9.17) is 4.74 Å². The standard InChI is InChI=1S/C19H18N6O2/c1-12(18-24-23-17-9-5-6-10-25(17)18)20-19(26)15-11-14(21-22-15)13-7-3-4-8-16(13)27-2/h3-12H,1-2H3,(H,20,26)(H,21,22)/t12-/m0/s1. The number of benzene rings is 1. The molecule has 3 heterocycles.